The quantitative estimate of drug-likeness (QED) is 0.483. The molecule has 1 saturated heterocycles. The van der Waals surface area contributed by atoms with Crippen molar-refractivity contribution in [1.82, 2.24) is 24.8 Å². The summed E-state index contributed by atoms with van der Waals surface area (Å²) in [6.45, 7) is 4.07. The lowest BCUT2D eigenvalue weighted by Crippen LogP contribution is -2.49. The molecule has 35 heavy (non-hydrogen) atoms. The second kappa shape index (κ2) is 9.93. The van der Waals surface area contributed by atoms with Gasteiger partial charge >= 0.3 is 6.18 Å². The second-order valence-corrected chi connectivity index (χ2v) is 8.53. The van der Waals surface area contributed by atoms with Crippen molar-refractivity contribution in [2.24, 2.45) is 5.92 Å². The lowest BCUT2D eigenvalue weighted by Gasteiger charge is -2.38. The van der Waals surface area contributed by atoms with Gasteiger partial charge in [-0.1, -0.05) is 6.92 Å². The Labute approximate surface area is 199 Å². The molecule has 0 bridgehead atoms. The number of aromatic nitrogens is 4. The fourth-order valence-electron chi connectivity index (χ4n) is 3.97. The first-order valence-corrected chi connectivity index (χ1v) is 11.0. The van der Waals surface area contributed by atoms with Crippen LogP contribution in [-0.2, 0) is 6.18 Å². The zero-order chi connectivity index (χ0) is 25.2. The second-order valence-electron chi connectivity index (χ2n) is 8.53. The number of pyridine rings is 2. The summed E-state index contributed by atoms with van der Waals surface area (Å²) in [4.78, 5) is 31.7. The van der Waals surface area contributed by atoms with Gasteiger partial charge in [0.25, 0.3) is 5.91 Å². The number of carbonyl (C=O) groups is 1. The molecule has 1 aliphatic heterocycles. The van der Waals surface area contributed by atoms with Gasteiger partial charge in [-0.15, -0.1) is 0 Å². The number of piperidine rings is 1. The van der Waals surface area contributed by atoms with E-state index >= 15 is 0 Å². The Hall–Kier alpha value is -3.63. The van der Waals surface area contributed by atoms with Crippen molar-refractivity contribution in [3.8, 4) is 17.3 Å². The molecule has 184 valence electrons. The van der Waals surface area contributed by atoms with Crippen molar-refractivity contribution in [2.45, 2.75) is 38.9 Å². The normalized spacial score (nSPS) is 18.4. The van der Waals surface area contributed by atoms with E-state index in [2.05, 4.69) is 19.9 Å². The maximum atomic E-state index is 14.2. The Morgan fingerprint density at radius 3 is 2.60 bits per heavy atom. The highest BCUT2D eigenvalue weighted by molar-refractivity contribution is 5.98. The van der Waals surface area contributed by atoms with Crippen LogP contribution in [0.2, 0.25) is 0 Å². The largest absolute Gasteiger partial charge is 0.473 e. The summed E-state index contributed by atoms with van der Waals surface area (Å²) in [6.07, 6.45) is 0.321. The highest BCUT2D eigenvalue weighted by Gasteiger charge is 2.35. The van der Waals surface area contributed by atoms with Crippen LogP contribution in [0.25, 0.3) is 11.4 Å². The van der Waals surface area contributed by atoms with Crippen LogP contribution >= 0.6 is 0 Å². The smallest absolute Gasteiger partial charge is 0.417 e. The number of aryl methyl sites for hydroxylation is 1. The minimum absolute atomic E-state index is 0.128. The summed E-state index contributed by atoms with van der Waals surface area (Å²) in [5.74, 6) is -1.55. The van der Waals surface area contributed by atoms with Crippen LogP contribution in [0.4, 0.5) is 17.6 Å². The average Bonchev–Trinajstić information content (AvgIpc) is 2.83. The number of ether oxygens (including phenoxy) is 1. The summed E-state index contributed by atoms with van der Waals surface area (Å²) >= 11 is 0. The van der Waals surface area contributed by atoms with E-state index in [1.165, 1.54) is 0 Å². The molecule has 2 atom stereocenters. The molecule has 3 aromatic heterocycles. The molecular weight excluding hydrogens is 466 g/mol. The van der Waals surface area contributed by atoms with Gasteiger partial charge in [-0.2, -0.15) is 13.2 Å². The standard InChI is InChI=1S/C24H23F4N5O2/c1-14-4-6-17(13-35-22-19(25)10-16(11-31-22)24(26,27)28)33(12-14)23(34)20-18(7-5-15(2)32-20)21-29-8-3-9-30-21/h3,5,7-11,14,17H,4,6,12-13H2,1-2H3. The third-order valence-electron chi connectivity index (χ3n) is 5.79. The molecule has 1 fully saturated rings. The van der Waals surface area contributed by atoms with Gasteiger partial charge in [0, 0.05) is 30.8 Å². The fourth-order valence-corrected chi connectivity index (χ4v) is 3.97. The molecule has 0 aromatic carbocycles. The van der Waals surface area contributed by atoms with Gasteiger partial charge in [-0.25, -0.2) is 24.3 Å². The lowest BCUT2D eigenvalue weighted by molar-refractivity contribution is -0.138. The van der Waals surface area contributed by atoms with Gasteiger partial charge in [0.05, 0.1) is 17.2 Å². The topological polar surface area (TPSA) is 81.1 Å². The Bertz CT molecular complexity index is 1210. The minimum Gasteiger partial charge on any atom is -0.473 e. The van der Waals surface area contributed by atoms with E-state index < -0.39 is 29.5 Å². The van der Waals surface area contributed by atoms with Crippen LogP contribution in [0.3, 0.4) is 0 Å². The van der Waals surface area contributed by atoms with Crippen LogP contribution in [0.15, 0.2) is 42.9 Å². The molecule has 11 heteroatoms. The fraction of sp³-hybridized carbons (Fsp3) is 0.375. The zero-order valence-electron chi connectivity index (χ0n) is 19.1. The van der Waals surface area contributed by atoms with Crippen LogP contribution in [0, 0.1) is 18.7 Å². The molecule has 2 unspecified atom stereocenters. The highest BCUT2D eigenvalue weighted by Crippen LogP contribution is 2.31. The molecule has 0 saturated carbocycles. The van der Waals surface area contributed by atoms with E-state index in [0.717, 1.165) is 6.42 Å². The van der Waals surface area contributed by atoms with Crippen LogP contribution in [0.5, 0.6) is 5.88 Å². The first kappa shape index (κ1) is 24.5. The molecule has 0 aliphatic carbocycles. The van der Waals surface area contributed by atoms with Crippen LogP contribution in [-0.4, -0.2) is 49.9 Å². The molecule has 0 radical (unpaired) electrons. The summed E-state index contributed by atoms with van der Waals surface area (Å²) in [7, 11) is 0. The third-order valence-corrected chi connectivity index (χ3v) is 5.79. The Morgan fingerprint density at radius 2 is 1.91 bits per heavy atom. The van der Waals surface area contributed by atoms with E-state index in [1.54, 1.807) is 42.4 Å². The predicted molar refractivity (Wildman–Crippen MR) is 118 cm³/mol. The molecular formula is C24H23F4N5O2. The SMILES string of the molecule is Cc1ccc(-c2ncccn2)c(C(=O)N2CC(C)CCC2COc2ncc(C(F)(F)F)cc2F)n1. The summed E-state index contributed by atoms with van der Waals surface area (Å²) in [5, 5.41) is 0. The van der Waals surface area contributed by atoms with E-state index in [4.69, 9.17) is 4.74 Å². The van der Waals surface area contributed by atoms with Crippen molar-refractivity contribution in [1.29, 1.82) is 0 Å². The number of rotatable bonds is 5. The molecule has 4 heterocycles. The molecule has 0 N–H and O–H groups in total. The number of hydrogen-bond donors (Lipinski definition) is 0. The first-order valence-electron chi connectivity index (χ1n) is 11.0. The van der Waals surface area contributed by atoms with Crippen molar-refractivity contribution in [3.63, 3.8) is 0 Å². The molecule has 4 rings (SSSR count). The van der Waals surface area contributed by atoms with E-state index in [-0.39, 0.29) is 24.1 Å². The number of amides is 1. The number of carbonyl (C=O) groups excluding carboxylic acids is 1. The number of nitrogens with zero attached hydrogens (tertiary/aromatic N) is 5. The zero-order valence-corrected chi connectivity index (χ0v) is 19.1. The Morgan fingerprint density at radius 1 is 1.17 bits per heavy atom. The van der Waals surface area contributed by atoms with Gasteiger partial charge in [0.15, 0.2) is 11.6 Å². The third kappa shape index (κ3) is 5.55. The van der Waals surface area contributed by atoms with Crippen LogP contribution < -0.4 is 4.74 Å². The molecule has 0 spiro atoms. The summed E-state index contributed by atoms with van der Waals surface area (Å²) in [6, 6.07) is 5.07. The highest BCUT2D eigenvalue weighted by atomic mass is 19.4. The monoisotopic (exact) mass is 489 g/mol. The number of likely N-dealkylation sites (tertiary alicyclic amines) is 1. The molecule has 7 nitrogen and oxygen atoms in total. The van der Waals surface area contributed by atoms with Crippen LogP contribution in [0.1, 0.15) is 41.5 Å². The Kier molecular flexibility index (Phi) is 6.95. The molecule has 1 amide bonds. The number of hydrogen-bond acceptors (Lipinski definition) is 6. The number of alkyl halides is 3. The maximum absolute atomic E-state index is 14.2. The maximum Gasteiger partial charge on any atom is 0.417 e. The number of halogens is 4. The molecule has 3 aromatic rings. The summed E-state index contributed by atoms with van der Waals surface area (Å²) in [5.41, 5.74) is 0.109. The summed E-state index contributed by atoms with van der Waals surface area (Å²) < 4.78 is 58.0. The van der Waals surface area contributed by atoms with Gasteiger partial charge in [0.1, 0.15) is 12.3 Å². The molecule has 1 aliphatic rings. The average molecular weight is 489 g/mol. The minimum atomic E-state index is -4.71. The van der Waals surface area contributed by atoms with Gasteiger partial charge in [-0.05, 0) is 49.9 Å². The van der Waals surface area contributed by atoms with Crippen molar-refractivity contribution < 1.29 is 27.1 Å². The van der Waals surface area contributed by atoms with Gasteiger partial charge in [0.2, 0.25) is 5.88 Å². The van der Waals surface area contributed by atoms with Crippen molar-refractivity contribution in [3.05, 3.63) is 65.6 Å². The van der Waals surface area contributed by atoms with Gasteiger partial charge in [-0.3, -0.25) is 4.79 Å². The lowest BCUT2D eigenvalue weighted by atomic mass is 9.93. The van der Waals surface area contributed by atoms with Gasteiger partial charge < -0.3 is 9.64 Å². The van der Waals surface area contributed by atoms with Crippen molar-refractivity contribution in [2.75, 3.05) is 13.2 Å². The van der Waals surface area contributed by atoms with E-state index in [1.807, 2.05) is 6.92 Å². The Balaban J connectivity index is 1.58. The first-order chi connectivity index (χ1) is 16.6. The van der Waals surface area contributed by atoms with Crippen molar-refractivity contribution >= 4 is 5.91 Å². The van der Waals surface area contributed by atoms with E-state index in [9.17, 15) is 22.4 Å². The van der Waals surface area contributed by atoms with E-state index in [0.29, 0.717) is 42.3 Å². The predicted octanol–water partition coefficient (Wildman–Crippen LogP) is 4.72.